The molecular formula is C19H37IN6O2. The van der Waals surface area contributed by atoms with Crippen molar-refractivity contribution in [3.05, 3.63) is 17.5 Å². The molecule has 0 aliphatic heterocycles. The summed E-state index contributed by atoms with van der Waals surface area (Å²) in [6.45, 7) is 11.8. The average molecular weight is 508 g/mol. The summed E-state index contributed by atoms with van der Waals surface area (Å²) in [6, 6.07) is 0. The summed E-state index contributed by atoms with van der Waals surface area (Å²) in [5.74, 6) is 1.19. The van der Waals surface area contributed by atoms with Crippen molar-refractivity contribution in [1.29, 1.82) is 0 Å². The number of aryl methyl sites for hydroxylation is 1. The molecule has 1 amide bonds. The van der Waals surface area contributed by atoms with E-state index in [2.05, 4.69) is 45.7 Å². The van der Waals surface area contributed by atoms with Crippen molar-refractivity contribution in [3.63, 3.8) is 0 Å². The Labute approximate surface area is 186 Å². The van der Waals surface area contributed by atoms with Gasteiger partial charge in [0.25, 0.3) is 0 Å². The Hall–Kier alpha value is -1.52. The standard InChI is InChI=1S/C19H36N6O2.HI/c1-14(2)16-15(13-25(8)23-16)12-24(7)17(20-6)21-10-9-11-22-18(26)27-19(3,4)5;/h13-14H,9-12H2,1-8H3,(H,20,21)(H,22,26);1H. The van der Waals surface area contributed by atoms with E-state index in [0.29, 0.717) is 19.0 Å². The largest absolute Gasteiger partial charge is 0.444 e. The van der Waals surface area contributed by atoms with Gasteiger partial charge in [-0.1, -0.05) is 13.8 Å². The molecular weight excluding hydrogens is 471 g/mol. The maximum atomic E-state index is 11.6. The molecule has 0 saturated carbocycles. The van der Waals surface area contributed by atoms with Gasteiger partial charge in [-0.3, -0.25) is 9.67 Å². The van der Waals surface area contributed by atoms with Crippen LogP contribution in [-0.4, -0.2) is 59.5 Å². The fourth-order valence-electron chi connectivity index (χ4n) is 2.67. The van der Waals surface area contributed by atoms with Gasteiger partial charge in [0.05, 0.1) is 5.69 Å². The van der Waals surface area contributed by atoms with Gasteiger partial charge in [0.1, 0.15) is 5.60 Å². The number of aliphatic imine (C=N–C) groups is 1. The number of rotatable bonds is 7. The molecule has 1 rings (SSSR count). The minimum absolute atomic E-state index is 0. The molecule has 8 nitrogen and oxygen atoms in total. The van der Waals surface area contributed by atoms with E-state index in [1.807, 2.05) is 39.5 Å². The third-order valence-corrected chi connectivity index (χ3v) is 3.77. The Morgan fingerprint density at radius 3 is 2.46 bits per heavy atom. The number of amides is 1. The third kappa shape index (κ3) is 9.61. The number of nitrogens with zero attached hydrogens (tertiary/aromatic N) is 4. The van der Waals surface area contributed by atoms with Crippen molar-refractivity contribution >= 4 is 36.0 Å². The van der Waals surface area contributed by atoms with Crippen LogP contribution in [0.4, 0.5) is 4.79 Å². The summed E-state index contributed by atoms with van der Waals surface area (Å²) in [7, 11) is 5.72. The van der Waals surface area contributed by atoms with Crippen LogP contribution in [0.2, 0.25) is 0 Å². The van der Waals surface area contributed by atoms with Crippen LogP contribution >= 0.6 is 24.0 Å². The first-order valence-corrected chi connectivity index (χ1v) is 9.44. The van der Waals surface area contributed by atoms with Crippen LogP contribution in [0.15, 0.2) is 11.2 Å². The summed E-state index contributed by atoms with van der Waals surface area (Å²) >= 11 is 0. The lowest BCUT2D eigenvalue weighted by Gasteiger charge is -2.22. The second-order valence-corrected chi connectivity index (χ2v) is 7.98. The van der Waals surface area contributed by atoms with Crippen molar-refractivity contribution in [2.45, 2.75) is 59.1 Å². The van der Waals surface area contributed by atoms with Gasteiger partial charge in [-0.25, -0.2) is 4.79 Å². The molecule has 9 heteroatoms. The quantitative estimate of drug-likeness (QED) is 0.256. The van der Waals surface area contributed by atoms with Crippen molar-refractivity contribution in [2.75, 3.05) is 27.2 Å². The number of hydrogen-bond donors (Lipinski definition) is 2. The number of ether oxygens (including phenoxy) is 1. The number of aromatic nitrogens is 2. The van der Waals surface area contributed by atoms with Crippen LogP contribution < -0.4 is 10.6 Å². The zero-order valence-corrected chi connectivity index (χ0v) is 20.8. The van der Waals surface area contributed by atoms with Crippen LogP contribution in [0.25, 0.3) is 0 Å². The fourth-order valence-corrected chi connectivity index (χ4v) is 2.67. The Kier molecular flexibility index (Phi) is 11.5. The summed E-state index contributed by atoms with van der Waals surface area (Å²) in [6.07, 6.45) is 2.45. The molecule has 0 aromatic carbocycles. The number of nitrogens with one attached hydrogen (secondary N) is 2. The molecule has 0 unspecified atom stereocenters. The maximum absolute atomic E-state index is 11.6. The van der Waals surface area contributed by atoms with Crippen molar-refractivity contribution in [1.82, 2.24) is 25.3 Å². The zero-order valence-electron chi connectivity index (χ0n) is 18.5. The average Bonchev–Trinajstić information content (AvgIpc) is 2.89. The molecule has 0 radical (unpaired) electrons. The highest BCUT2D eigenvalue weighted by molar-refractivity contribution is 14.0. The molecule has 0 spiro atoms. The van der Waals surface area contributed by atoms with E-state index < -0.39 is 5.60 Å². The summed E-state index contributed by atoms with van der Waals surface area (Å²) < 4.78 is 7.07. The molecule has 162 valence electrons. The topological polar surface area (TPSA) is 83.8 Å². The first-order valence-electron chi connectivity index (χ1n) is 9.44. The van der Waals surface area contributed by atoms with E-state index in [-0.39, 0.29) is 30.1 Å². The van der Waals surface area contributed by atoms with Crippen LogP contribution in [0, 0.1) is 0 Å². The van der Waals surface area contributed by atoms with E-state index >= 15 is 0 Å². The van der Waals surface area contributed by atoms with E-state index in [1.165, 1.54) is 5.56 Å². The van der Waals surface area contributed by atoms with Crippen LogP contribution in [0.3, 0.4) is 0 Å². The lowest BCUT2D eigenvalue weighted by atomic mass is 10.1. The minimum Gasteiger partial charge on any atom is -0.444 e. The SMILES string of the molecule is CN=C(NCCCNC(=O)OC(C)(C)C)N(C)Cc1cn(C)nc1C(C)C.I. The van der Waals surface area contributed by atoms with E-state index in [1.54, 1.807) is 7.05 Å². The first-order chi connectivity index (χ1) is 12.5. The highest BCUT2D eigenvalue weighted by atomic mass is 127. The predicted molar refractivity (Wildman–Crippen MR) is 124 cm³/mol. The number of carbonyl (C=O) groups is 1. The minimum atomic E-state index is -0.478. The molecule has 0 bridgehead atoms. The second kappa shape index (κ2) is 12.1. The highest BCUT2D eigenvalue weighted by Gasteiger charge is 2.16. The molecule has 0 fully saturated rings. The van der Waals surface area contributed by atoms with Gasteiger partial charge in [-0.2, -0.15) is 5.10 Å². The maximum Gasteiger partial charge on any atom is 0.407 e. The van der Waals surface area contributed by atoms with E-state index in [4.69, 9.17) is 4.74 Å². The van der Waals surface area contributed by atoms with Crippen molar-refractivity contribution in [3.8, 4) is 0 Å². The second-order valence-electron chi connectivity index (χ2n) is 7.98. The highest BCUT2D eigenvalue weighted by Crippen LogP contribution is 2.18. The number of guanidine groups is 1. The van der Waals surface area contributed by atoms with Gasteiger partial charge in [0.2, 0.25) is 0 Å². The van der Waals surface area contributed by atoms with E-state index in [0.717, 1.165) is 24.6 Å². The van der Waals surface area contributed by atoms with Crippen LogP contribution in [-0.2, 0) is 18.3 Å². The van der Waals surface area contributed by atoms with Crippen molar-refractivity contribution in [2.24, 2.45) is 12.0 Å². The van der Waals surface area contributed by atoms with Crippen molar-refractivity contribution < 1.29 is 9.53 Å². The van der Waals surface area contributed by atoms with Gasteiger partial charge in [-0.05, 0) is 33.1 Å². The first kappa shape index (κ1) is 26.5. The number of hydrogen-bond acceptors (Lipinski definition) is 4. The van der Waals surface area contributed by atoms with Gasteiger partial charge in [0, 0.05) is 52.5 Å². The monoisotopic (exact) mass is 508 g/mol. The molecule has 28 heavy (non-hydrogen) atoms. The smallest absolute Gasteiger partial charge is 0.407 e. The summed E-state index contributed by atoms with van der Waals surface area (Å²) in [5, 5.41) is 10.6. The van der Waals surface area contributed by atoms with Gasteiger partial charge >= 0.3 is 6.09 Å². The fraction of sp³-hybridized carbons (Fsp3) is 0.737. The zero-order chi connectivity index (χ0) is 20.6. The summed E-state index contributed by atoms with van der Waals surface area (Å²) in [4.78, 5) is 18.0. The molecule has 0 saturated heterocycles. The third-order valence-electron chi connectivity index (χ3n) is 3.77. The van der Waals surface area contributed by atoms with Gasteiger partial charge in [0.15, 0.2) is 5.96 Å². The molecule has 0 aliphatic carbocycles. The van der Waals surface area contributed by atoms with E-state index in [9.17, 15) is 4.79 Å². The van der Waals surface area contributed by atoms with Crippen LogP contribution in [0.5, 0.6) is 0 Å². The normalized spacial score (nSPS) is 11.8. The number of carbonyl (C=O) groups excluding carboxylic acids is 1. The molecule has 1 heterocycles. The van der Waals surface area contributed by atoms with Gasteiger partial charge in [-0.15, -0.1) is 24.0 Å². The number of halogens is 1. The molecule has 0 aliphatic rings. The Morgan fingerprint density at radius 1 is 1.32 bits per heavy atom. The van der Waals surface area contributed by atoms with Crippen LogP contribution in [0.1, 0.15) is 58.2 Å². The molecule has 2 N–H and O–H groups in total. The van der Waals surface area contributed by atoms with Gasteiger partial charge < -0.3 is 20.3 Å². The molecule has 0 atom stereocenters. The Bertz CT molecular complexity index is 637. The Balaban J connectivity index is 0.00000729. The Morgan fingerprint density at radius 2 is 1.93 bits per heavy atom. The molecule has 1 aromatic rings. The summed E-state index contributed by atoms with van der Waals surface area (Å²) in [5.41, 5.74) is 1.83. The predicted octanol–water partition coefficient (Wildman–Crippen LogP) is 3.08. The lowest BCUT2D eigenvalue weighted by molar-refractivity contribution is 0.0527. The molecule has 1 aromatic heterocycles. The lowest BCUT2D eigenvalue weighted by Crippen LogP contribution is -2.40. The number of alkyl carbamates (subject to hydrolysis) is 1.